The first-order chi connectivity index (χ1) is 11.9. The van der Waals surface area contributed by atoms with Crippen molar-refractivity contribution in [1.82, 2.24) is 4.90 Å². The summed E-state index contributed by atoms with van der Waals surface area (Å²) in [5, 5.41) is -0.510. The summed E-state index contributed by atoms with van der Waals surface area (Å²) < 4.78 is 15.3. The number of ether oxygens (including phenoxy) is 3. The van der Waals surface area contributed by atoms with Gasteiger partial charge < -0.3 is 14.2 Å². The summed E-state index contributed by atoms with van der Waals surface area (Å²) in [6.45, 7) is 3.30. The van der Waals surface area contributed by atoms with Crippen molar-refractivity contribution in [2.24, 2.45) is 0 Å². The quantitative estimate of drug-likeness (QED) is 0.566. The standard InChI is InChI=1S/C17H19NO6S/c1-5-24-16(20)10(2)18-15(19)14(25-17(18)21)8-11-6-7-12(22-3)9-13(11)23-4/h6-10H,5H2,1-4H3/b14-8+. The molecule has 1 unspecified atom stereocenters. The van der Waals surface area contributed by atoms with Crippen molar-refractivity contribution in [3.05, 3.63) is 28.7 Å². The molecule has 0 N–H and O–H groups in total. The molecule has 2 rings (SSSR count). The summed E-state index contributed by atoms with van der Waals surface area (Å²) >= 11 is 0.774. The average Bonchev–Trinajstić information content (AvgIpc) is 2.88. The highest BCUT2D eigenvalue weighted by Gasteiger charge is 2.41. The highest BCUT2D eigenvalue weighted by atomic mass is 32.2. The lowest BCUT2D eigenvalue weighted by molar-refractivity contribution is -0.150. The fraction of sp³-hybridized carbons (Fsp3) is 0.353. The van der Waals surface area contributed by atoms with Gasteiger partial charge in [0.15, 0.2) is 0 Å². The Morgan fingerprint density at radius 2 is 2.00 bits per heavy atom. The molecule has 1 aromatic carbocycles. The minimum atomic E-state index is -0.976. The number of esters is 1. The lowest BCUT2D eigenvalue weighted by Crippen LogP contribution is -2.42. The third-order valence-electron chi connectivity index (χ3n) is 3.57. The molecule has 0 bridgehead atoms. The zero-order valence-corrected chi connectivity index (χ0v) is 15.2. The summed E-state index contributed by atoms with van der Waals surface area (Å²) in [6, 6.07) is 4.15. The van der Waals surface area contributed by atoms with Crippen LogP contribution < -0.4 is 9.47 Å². The van der Waals surface area contributed by atoms with Gasteiger partial charge in [0.2, 0.25) is 0 Å². The van der Waals surface area contributed by atoms with E-state index in [1.165, 1.54) is 21.1 Å². The third kappa shape index (κ3) is 3.96. The number of methoxy groups -OCH3 is 2. The SMILES string of the molecule is CCOC(=O)C(C)N1C(=O)S/C(=C/c2ccc(OC)cc2OC)C1=O. The number of thioether (sulfide) groups is 1. The molecule has 1 heterocycles. The van der Waals surface area contributed by atoms with E-state index in [0.29, 0.717) is 17.1 Å². The number of amides is 2. The van der Waals surface area contributed by atoms with Crippen molar-refractivity contribution in [2.75, 3.05) is 20.8 Å². The van der Waals surface area contributed by atoms with Gasteiger partial charge in [-0.1, -0.05) is 0 Å². The van der Waals surface area contributed by atoms with Gasteiger partial charge in [0, 0.05) is 11.6 Å². The Labute approximate surface area is 149 Å². The summed E-state index contributed by atoms with van der Waals surface area (Å²) in [6.07, 6.45) is 1.56. The first-order valence-corrected chi connectivity index (χ1v) is 8.40. The molecular weight excluding hydrogens is 346 g/mol. The third-order valence-corrected chi connectivity index (χ3v) is 4.45. The Morgan fingerprint density at radius 3 is 2.60 bits per heavy atom. The number of hydrogen-bond donors (Lipinski definition) is 0. The summed E-state index contributed by atoms with van der Waals surface area (Å²) in [5.41, 5.74) is 0.623. The lowest BCUT2D eigenvalue weighted by atomic mass is 10.1. The molecule has 134 valence electrons. The normalized spacial score (nSPS) is 17.0. The van der Waals surface area contributed by atoms with Crippen molar-refractivity contribution in [3.8, 4) is 11.5 Å². The van der Waals surface area contributed by atoms with Crippen LogP contribution in [0.25, 0.3) is 6.08 Å². The number of imide groups is 1. The number of carbonyl (C=O) groups excluding carboxylic acids is 3. The molecule has 1 aliphatic heterocycles. The molecule has 1 aliphatic rings. The molecule has 0 radical (unpaired) electrons. The van der Waals surface area contributed by atoms with Crippen LogP contribution in [0.15, 0.2) is 23.1 Å². The molecule has 1 fully saturated rings. The summed E-state index contributed by atoms with van der Waals surface area (Å²) in [4.78, 5) is 37.6. The lowest BCUT2D eigenvalue weighted by Gasteiger charge is -2.19. The minimum Gasteiger partial charge on any atom is -0.497 e. The van der Waals surface area contributed by atoms with Gasteiger partial charge in [0.1, 0.15) is 17.5 Å². The minimum absolute atomic E-state index is 0.179. The van der Waals surface area contributed by atoms with Crippen LogP contribution in [-0.4, -0.2) is 48.9 Å². The van der Waals surface area contributed by atoms with Crippen LogP contribution in [0.3, 0.4) is 0 Å². The molecule has 1 aromatic rings. The second-order valence-electron chi connectivity index (χ2n) is 5.09. The van der Waals surface area contributed by atoms with Gasteiger partial charge in [-0.15, -0.1) is 0 Å². The highest BCUT2D eigenvalue weighted by molar-refractivity contribution is 8.18. The van der Waals surface area contributed by atoms with Gasteiger partial charge >= 0.3 is 5.97 Å². The van der Waals surface area contributed by atoms with E-state index in [-0.39, 0.29) is 11.5 Å². The molecule has 7 nitrogen and oxygen atoms in total. The maximum absolute atomic E-state index is 12.5. The van der Waals surface area contributed by atoms with Crippen LogP contribution in [0, 0.1) is 0 Å². The van der Waals surface area contributed by atoms with Crippen molar-refractivity contribution in [3.63, 3.8) is 0 Å². The first-order valence-electron chi connectivity index (χ1n) is 7.58. The number of carbonyl (C=O) groups is 3. The van der Waals surface area contributed by atoms with E-state index in [2.05, 4.69) is 0 Å². The number of nitrogens with zero attached hydrogens (tertiary/aromatic N) is 1. The van der Waals surface area contributed by atoms with Crippen LogP contribution in [0.1, 0.15) is 19.4 Å². The van der Waals surface area contributed by atoms with Gasteiger partial charge in [0.05, 0.1) is 25.7 Å². The smallest absolute Gasteiger partial charge is 0.329 e. The molecule has 1 atom stereocenters. The topological polar surface area (TPSA) is 82.1 Å². The Balaban J connectivity index is 2.30. The summed E-state index contributed by atoms with van der Waals surface area (Å²) in [7, 11) is 3.04. The van der Waals surface area contributed by atoms with Gasteiger partial charge in [0.25, 0.3) is 11.1 Å². The fourth-order valence-corrected chi connectivity index (χ4v) is 3.16. The zero-order chi connectivity index (χ0) is 18.6. The monoisotopic (exact) mass is 365 g/mol. The maximum Gasteiger partial charge on any atom is 0.329 e. The Hall–Kier alpha value is -2.48. The second kappa shape index (κ2) is 8.06. The molecule has 0 saturated carbocycles. The first kappa shape index (κ1) is 18.9. The van der Waals surface area contributed by atoms with Gasteiger partial charge in [-0.25, -0.2) is 4.79 Å². The van der Waals surface area contributed by atoms with E-state index in [9.17, 15) is 14.4 Å². The van der Waals surface area contributed by atoms with Gasteiger partial charge in [-0.3, -0.25) is 14.5 Å². The van der Waals surface area contributed by atoms with E-state index >= 15 is 0 Å². The van der Waals surface area contributed by atoms with E-state index in [4.69, 9.17) is 14.2 Å². The number of rotatable bonds is 6. The van der Waals surface area contributed by atoms with E-state index < -0.39 is 23.2 Å². The second-order valence-corrected chi connectivity index (χ2v) is 6.08. The molecule has 0 spiro atoms. The molecule has 0 aliphatic carbocycles. The van der Waals surface area contributed by atoms with E-state index in [0.717, 1.165) is 16.7 Å². The highest BCUT2D eigenvalue weighted by Crippen LogP contribution is 2.36. The largest absolute Gasteiger partial charge is 0.497 e. The van der Waals surface area contributed by atoms with Crippen LogP contribution >= 0.6 is 11.8 Å². The zero-order valence-electron chi connectivity index (χ0n) is 14.4. The predicted octanol–water partition coefficient (Wildman–Crippen LogP) is 2.69. The molecule has 0 aromatic heterocycles. The Bertz CT molecular complexity index is 730. The summed E-state index contributed by atoms with van der Waals surface area (Å²) in [5.74, 6) is -0.0378. The molecule has 8 heteroatoms. The fourth-order valence-electron chi connectivity index (χ4n) is 2.26. The molecular formula is C17H19NO6S. The van der Waals surface area contributed by atoms with Crippen molar-refractivity contribution in [2.45, 2.75) is 19.9 Å². The van der Waals surface area contributed by atoms with Crippen LogP contribution in [-0.2, 0) is 14.3 Å². The predicted molar refractivity (Wildman–Crippen MR) is 93.5 cm³/mol. The number of benzene rings is 1. The average molecular weight is 365 g/mol. The van der Waals surface area contributed by atoms with Gasteiger partial charge in [-0.2, -0.15) is 0 Å². The van der Waals surface area contributed by atoms with Crippen LogP contribution in [0.2, 0.25) is 0 Å². The Kier molecular flexibility index (Phi) is 6.08. The molecule has 25 heavy (non-hydrogen) atoms. The van der Waals surface area contributed by atoms with E-state index in [1.54, 1.807) is 31.2 Å². The molecule has 2 amide bonds. The Morgan fingerprint density at radius 1 is 1.28 bits per heavy atom. The van der Waals surface area contributed by atoms with Crippen molar-refractivity contribution >= 4 is 35.0 Å². The van der Waals surface area contributed by atoms with Crippen LogP contribution in [0.4, 0.5) is 4.79 Å². The van der Waals surface area contributed by atoms with Gasteiger partial charge in [-0.05, 0) is 43.8 Å². The molecule has 1 saturated heterocycles. The number of hydrogen-bond acceptors (Lipinski definition) is 7. The van der Waals surface area contributed by atoms with Crippen molar-refractivity contribution in [1.29, 1.82) is 0 Å². The van der Waals surface area contributed by atoms with Crippen LogP contribution in [0.5, 0.6) is 11.5 Å². The van der Waals surface area contributed by atoms with Crippen molar-refractivity contribution < 1.29 is 28.6 Å². The maximum atomic E-state index is 12.5. The van der Waals surface area contributed by atoms with E-state index in [1.807, 2.05) is 0 Å².